The van der Waals surface area contributed by atoms with Crippen LogP contribution in [0.4, 0.5) is 28.0 Å². The molecule has 8 nitrogen and oxygen atoms in total. The van der Waals surface area contributed by atoms with Gasteiger partial charge >= 0.3 is 18.2 Å². The lowest BCUT2D eigenvalue weighted by Crippen LogP contribution is -2.35. The summed E-state index contributed by atoms with van der Waals surface area (Å²) in [5, 5.41) is 9.82. The Morgan fingerprint density at radius 1 is 1.06 bits per heavy atom. The number of aliphatic carboxylic acids is 1. The zero-order valence-corrected chi connectivity index (χ0v) is 17.8. The third kappa shape index (κ3) is 6.67. The average molecular weight is 471 g/mol. The standard InChI is InChI=1S/C19H24FN5O.C2HF3O2/c20-15-6-1-2-7-16(15)22-19(26)24-10-5-11-25-14-21-17(18(25)13-24)12-23-8-3-4-9-23;3-2(4,5)1(6)7/h1-2,6-7,14H,3-5,8-13H2,(H,22,26);(H,6,7). The van der Waals surface area contributed by atoms with Crippen molar-refractivity contribution in [3.05, 3.63) is 47.8 Å². The maximum absolute atomic E-state index is 13.8. The highest BCUT2D eigenvalue weighted by atomic mass is 19.4. The first kappa shape index (κ1) is 24.5. The number of anilines is 1. The molecule has 1 saturated heterocycles. The Labute approximate surface area is 187 Å². The molecule has 2 N–H and O–H groups in total. The molecule has 2 aliphatic rings. The predicted molar refractivity (Wildman–Crippen MR) is 111 cm³/mol. The molecule has 2 aliphatic heterocycles. The predicted octanol–water partition coefficient (Wildman–Crippen LogP) is 3.69. The number of benzene rings is 1. The van der Waals surface area contributed by atoms with E-state index in [4.69, 9.17) is 9.90 Å². The van der Waals surface area contributed by atoms with Crippen molar-refractivity contribution in [3.63, 3.8) is 0 Å². The minimum atomic E-state index is -5.08. The van der Waals surface area contributed by atoms with Crippen molar-refractivity contribution in [3.8, 4) is 0 Å². The quantitative estimate of drug-likeness (QED) is 0.667. The number of hydrogen-bond acceptors (Lipinski definition) is 4. The number of aromatic nitrogens is 2. The van der Waals surface area contributed by atoms with Crippen LogP contribution in [0, 0.1) is 5.82 Å². The van der Waals surface area contributed by atoms with Crippen molar-refractivity contribution < 1.29 is 32.3 Å². The number of carboxylic acids is 1. The largest absolute Gasteiger partial charge is 0.490 e. The first-order valence-electron chi connectivity index (χ1n) is 10.5. The van der Waals surface area contributed by atoms with Crippen LogP contribution >= 0.6 is 0 Å². The van der Waals surface area contributed by atoms with E-state index >= 15 is 0 Å². The molecule has 4 rings (SSSR count). The second-order valence-electron chi connectivity index (χ2n) is 7.80. The smallest absolute Gasteiger partial charge is 0.475 e. The Morgan fingerprint density at radius 2 is 1.73 bits per heavy atom. The van der Waals surface area contributed by atoms with Crippen molar-refractivity contribution >= 4 is 17.7 Å². The van der Waals surface area contributed by atoms with Crippen LogP contribution in [-0.2, 0) is 24.4 Å². The van der Waals surface area contributed by atoms with Crippen LogP contribution in [0.2, 0.25) is 0 Å². The highest BCUT2D eigenvalue weighted by molar-refractivity contribution is 5.89. The van der Waals surface area contributed by atoms with Gasteiger partial charge < -0.3 is 19.9 Å². The molecule has 1 aromatic carbocycles. The Balaban J connectivity index is 0.000000383. The van der Waals surface area contributed by atoms with Crippen LogP contribution in [0.3, 0.4) is 0 Å². The van der Waals surface area contributed by atoms with Gasteiger partial charge in [-0.15, -0.1) is 0 Å². The fourth-order valence-corrected chi connectivity index (χ4v) is 3.73. The Hall–Kier alpha value is -3.15. The molecule has 33 heavy (non-hydrogen) atoms. The summed E-state index contributed by atoms with van der Waals surface area (Å²) in [5.41, 5.74) is 2.36. The molecule has 0 bridgehead atoms. The zero-order chi connectivity index (χ0) is 24.0. The summed E-state index contributed by atoms with van der Waals surface area (Å²) >= 11 is 0. The van der Waals surface area contributed by atoms with Gasteiger partial charge in [-0.2, -0.15) is 13.2 Å². The number of rotatable bonds is 3. The van der Waals surface area contributed by atoms with Gasteiger partial charge in [0.15, 0.2) is 0 Å². The van der Waals surface area contributed by atoms with E-state index in [9.17, 15) is 22.4 Å². The molecule has 0 saturated carbocycles. The van der Waals surface area contributed by atoms with Crippen molar-refractivity contribution in [2.24, 2.45) is 0 Å². The highest BCUT2D eigenvalue weighted by Crippen LogP contribution is 2.21. The number of imidazole rings is 1. The monoisotopic (exact) mass is 471 g/mol. The molecular weight excluding hydrogens is 446 g/mol. The Kier molecular flexibility index (Phi) is 7.90. The zero-order valence-electron chi connectivity index (χ0n) is 17.8. The van der Waals surface area contributed by atoms with Gasteiger partial charge in [-0.05, 0) is 44.5 Å². The molecule has 2 amide bonds. The number of nitrogens with zero attached hydrogens (tertiary/aromatic N) is 4. The third-order valence-corrected chi connectivity index (χ3v) is 5.42. The lowest BCUT2D eigenvalue weighted by Gasteiger charge is -2.22. The van der Waals surface area contributed by atoms with Crippen molar-refractivity contribution in [1.29, 1.82) is 0 Å². The minimum absolute atomic E-state index is 0.215. The lowest BCUT2D eigenvalue weighted by atomic mass is 10.2. The fourth-order valence-electron chi connectivity index (χ4n) is 3.73. The van der Waals surface area contributed by atoms with Crippen molar-refractivity contribution in [1.82, 2.24) is 19.4 Å². The van der Waals surface area contributed by atoms with E-state index < -0.39 is 18.0 Å². The summed E-state index contributed by atoms with van der Waals surface area (Å²) in [6.45, 7) is 5.07. The molecule has 1 aromatic heterocycles. The van der Waals surface area contributed by atoms with E-state index in [1.165, 1.54) is 18.9 Å². The molecule has 0 aliphatic carbocycles. The van der Waals surface area contributed by atoms with Gasteiger partial charge in [0.05, 0.1) is 29.9 Å². The van der Waals surface area contributed by atoms with Gasteiger partial charge in [0.25, 0.3) is 0 Å². The molecule has 0 spiro atoms. The van der Waals surface area contributed by atoms with Crippen LogP contribution < -0.4 is 5.32 Å². The molecule has 12 heteroatoms. The summed E-state index contributed by atoms with van der Waals surface area (Å²) in [5.74, 6) is -3.18. The third-order valence-electron chi connectivity index (χ3n) is 5.42. The van der Waals surface area contributed by atoms with E-state index in [2.05, 4.69) is 19.8 Å². The Morgan fingerprint density at radius 3 is 2.36 bits per heavy atom. The molecule has 2 aromatic rings. The maximum atomic E-state index is 13.8. The van der Waals surface area contributed by atoms with Crippen LogP contribution in [0.1, 0.15) is 30.7 Å². The Bertz CT molecular complexity index is 973. The van der Waals surface area contributed by atoms with Crippen LogP contribution in [0.5, 0.6) is 0 Å². The number of para-hydroxylation sites is 1. The van der Waals surface area contributed by atoms with Gasteiger partial charge in [-0.3, -0.25) is 4.90 Å². The number of urea groups is 1. The van der Waals surface area contributed by atoms with E-state index in [1.54, 1.807) is 23.1 Å². The lowest BCUT2D eigenvalue weighted by molar-refractivity contribution is -0.192. The highest BCUT2D eigenvalue weighted by Gasteiger charge is 2.38. The molecule has 0 unspecified atom stereocenters. The van der Waals surface area contributed by atoms with Gasteiger partial charge in [-0.1, -0.05) is 12.1 Å². The molecule has 1 fully saturated rings. The minimum Gasteiger partial charge on any atom is -0.475 e. The van der Waals surface area contributed by atoms with E-state index in [-0.39, 0.29) is 11.7 Å². The normalized spacial score (nSPS) is 16.4. The van der Waals surface area contributed by atoms with E-state index in [1.807, 2.05) is 6.33 Å². The van der Waals surface area contributed by atoms with Gasteiger partial charge in [0.2, 0.25) is 0 Å². The summed E-state index contributed by atoms with van der Waals surface area (Å²) in [4.78, 5) is 30.3. The number of aryl methyl sites for hydroxylation is 1. The van der Waals surface area contributed by atoms with E-state index in [0.717, 1.165) is 44.0 Å². The maximum Gasteiger partial charge on any atom is 0.490 e. The number of amides is 2. The molecular formula is C21H25F4N5O3. The number of halogens is 4. The second kappa shape index (κ2) is 10.6. The number of likely N-dealkylation sites (tertiary alicyclic amines) is 1. The molecule has 3 heterocycles. The van der Waals surface area contributed by atoms with Gasteiger partial charge in [-0.25, -0.2) is 19.0 Å². The van der Waals surface area contributed by atoms with Crippen molar-refractivity contribution in [2.45, 2.75) is 45.1 Å². The summed E-state index contributed by atoms with van der Waals surface area (Å²) in [6.07, 6.45) is 0.149. The number of hydrogen-bond donors (Lipinski definition) is 2. The molecule has 0 atom stereocenters. The first-order chi connectivity index (χ1) is 15.6. The van der Waals surface area contributed by atoms with Gasteiger partial charge in [0.1, 0.15) is 5.82 Å². The molecule has 0 radical (unpaired) electrons. The first-order valence-corrected chi connectivity index (χ1v) is 10.5. The SMILES string of the molecule is O=C(Nc1ccccc1F)N1CCCn2cnc(CN3CCCC3)c2C1.O=C(O)C(F)(F)F. The van der Waals surface area contributed by atoms with Crippen molar-refractivity contribution in [2.75, 3.05) is 25.0 Å². The number of carbonyl (C=O) groups is 2. The molecule has 180 valence electrons. The second-order valence-corrected chi connectivity index (χ2v) is 7.80. The van der Waals surface area contributed by atoms with E-state index in [0.29, 0.717) is 13.1 Å². The van der Waals surface area contributed by atoms with Gasteiger partial charge in [0, 0.05) is 19.6 Å². The number of nitrogens with one attached hydrogen (secondary N) is 1. The average Bonchev–Trinajstić information content (AvgIpc) is 3.34. The van der Waals surface area contributed by atoms with Crippen LogP contribution in [-0.4, -0.2) is 62.3 Å². The summed E-state index contributed by atoms with van der Waals surface area (Å²) in [6, 6.07) is 5.98. The number of carboxylic acid groups (broad SMARTS) is 1. The fraction of sp³-hybridized carbons (Fsp3) is 0.476. The summed E-state index contributed by atoms with van der Waals surface area (Å²) < 4.78 is 47.7. The number of fused-ring (bicyclic) bond motifs is 1. The van der Waals surface area contributed by atoms with Crippen LogP contribution in [0.15, 0.2) is 30.6 Å². The number of carbonyl (C=O) groups excluding carboxylic acids is 1. The topological polar surface area (TPSA) is 90.7 Å². The van der Waals surface area contributed by atoms with Crippen LogP contribution in [0.25, 0.3) is 0 Å². The summed E-state index contributed by atoms with van der Waals surface area (Å²) in [7, 11) is 0. The number of alkyl halides is 3.